The molecule has 0 radical (unpaired) electrons. The molecule has 0 aliphatic rings. The summed E-state index contributed by atoms with van der Waals surface area (Å²) in [4.78, 5) is 0. The summed E-state index contributed by atoms with van der Waals surface area (Å²) in [6.45, 7) is 0. The fraction of sp³-hybridized carbons (Fsp3) is 0. The molecule has 0 heterocycles. The van der Waals surface area contributed by atoms with Gasteiger partial charge >= 0.3 is 34.5 Å². The van der Waals surface area contributed by atoms with E-state index < -0.39 is 0 Å². The molecular weight excluding hydrogens is 273 g/mol. The summed E-state index contributed by atoms with van der Waals surface area (Å²) in [7, 11) is 9.71. The van der Waals surface area contributed by atoms with Gasteiger partial charge < -0.3 is 0 Å². The van der Waals surface area contributed by atoms with Gasteiger partial charge in [-0.15, -0.1) is 0 Å². The standard InChI is InChI=1S/2ClH.2Ru/h2*1H;;/q;;;+2/p-2. The number of rotatable bonds is 0. The van der Waals surface area contributed by atoms with Crippen molar-refractivity contribution in [3.8, 4) is 0 Å². The zero-order valence-electron chi connectivity index (χ0n) is 1.46. The molecule has 0 aliphatic heterocycles. The molecule has 0 bridgehead atoms. The first-order valence-corrected chi connectivity index (χ1v) is 4.74. The Bertz CT molecular complexity index is 4.00. The summed E-state index contributed by atoms with van der Waals surface area (Å²) in [5, 5.41) is 0. The van der Waals surface area contributed by atoms with E-state index in [1.807, 2.05) is 0 Å². The quantitative estimate of drug-likeness (QED) is 0.585. The van der Waals surface area contributed by atoms with Gasteiger partial charge in [0.25, 0.3) is 0 Å². The summed E-state index contributed by atoms with van der Waals surface area (Å²) in [5.41, 5.74) is 0. The van der Waals surface area contributed by atoms with Crippen LogP contribution in [0.25, 0.3) is 0 Å². The minimum atomic E-state index is -0.346. The van der Waals surface area contributed by atoms with Gasteiger partial charge in [0, 0.05) is 19.5 Å². The van der Waals surface area contributed by atoms with Crippen molar-refractivity contribution in [3.63, 3.8) is 0 Å². The van der Waals surface area contributed by atoms with E-state index in [1.165, 1.54) is 0 Å². The van der Waals surface area contributed by atoms with Gasteiger partial charge in [-0.25, -0.2) is 0 Å². The molecule has 4 heavy (non-hydrogen) atoms. The molecule has 0 N–H and O–H groups in total. The predicted molar refractivity (Wildman–Crippen MR) is 11.7 cm³/mol. The molecular formula is Cl2Ru2. The van der Waals surface area contributed by atoms with E-state index in [0.717, 1.165) is 0 Å². The fourth-order valence-corrected chi connectivity index (χ4v) is 0. The molecule has 0 aromatic carbocycles. The van der Waals surface area contributed by atoms with Crippen molar-refractivity contribution in [1.82, 2.24) is 0 Å². The second-order valence-electron chi connectivity index (χ2n) is 0.0505. The molecule has 0 spiro atoms. The first kappa shape index (κ1) is 9.27. The van der Waals surface area contributed by atoms with Crippen molar-refractivity contribution >= 4 is 19.4 Å². The SMILES string of the molecule is [Cl][Ru][Cl].[Ru]. The second-order valence-corrected chi connectivity index (χ2v) is 2.69. The van der Waals surface area contributed by atoms with Crippen molar-refractivity contribution in [3.05, 3.63) is 0 Å². The van der Waals surface area contributed by atoms with Crippen LogP contribution in [0.4, 0.5) is 0 Å². The van der Waals surface area contributed by atoms with E-state index in [9.17, 15) is 0 Å². The molecule has 0 unspecified atom stereocenters. The summed E-state index contributed by atoms with van der Waals surface area (Å²) >= 11 is -0.346. The third-order valence-electron chi connectivity index (χ3n) is 0. The molecule has 30 valence electrons. The second kappa shape index (κ2) is 8.85. The molecule has 0 aromatic heterocycles. The van der Waals surface area contributed by atoms with Crippen molar-refractivity contribution in [1.29, 1.82) is 0 Å². The Morgan fingerprint density at radius 2 is 1.25 bits per heavy atom. The van der Waals surface area contributed by atoms with Crippen LogP contribution < -0.4 is 0 Å². The average Bonchev–Trinajstić information content (AvgIpc) is 0.918. The zero-order valence-corrected chi connectivity index (χ0v) is 6.45. The summed E-state index contributed by atoms with van der Waals surface area (Å²) in [6.07, 6.45) is 0. The molecule has 0 saturated heterocycles. The molecule has 0 nitrogen and oxygen atoms in total. The van der Waals surface area contributed by atoms with Crippen LogP contribution >= 0.6 is 19.4 Å². The monoisotopic (exact) mass is 274 g/mol. The van der Waals surface area contributed by atoms with Crippen LogP contribution in [0.1, 0.15) is 0 Å². The molecule has 0 amide bonds. The Morgan fingerprint density at radius 1 is 1.25 bits per heavy atom. The average molecular weight is 273 g/mol. The van der Waals surface area contributed by atoms with E-state index >= 15 is 0 Å². The Labute approximate surface area is 53.7 Å². The van der Waals surface area contributed by atoms with Gasteiger partial charge in [-0.2, -0.15) is 0 Å². The summed E-state index contributed by atoms with van der Waals surface area (Å²) < 4.78 is 0. The normalized spacial score (nSPS) is 5.50. The van der Waals surface area contributed by atoms with E-state index in [-0.39, 0.29) is 34.6 Å². The summed E-state index contributed by atoms with van der Waals surface area (Å²) in [5.74, 6) is 0. The van der Waals surface area contributed by atoms with Gasteiger partial charge in [0.2, 0.25) is 0 Å². The maximum atomic E-state index is 4.85. The van der Waals surface area contributed by atoms with Crippen LogP contribution in [0, 0.1) is 0 Å². The van der Waals surface area contributed by atoms with Gasteiger partial charge in [0.15, 0.2) is 0 Å². The third-order valence-corrected chi connectivity index (χ3v) is 0. The van der Waals surface area contributed by atoms with Gasteiger partial charge in [-0.05, 0) is 0 Å². The third kappa shape index (κ3) is 9.16. The van der Waals surface area contributed by atoms with Crippen LogP contribution in [-0.4, -0.2) is 0 Å². The van der Waals surface area contributed by atoms with E-state index in [1.54, 1.807) is 0 Å². The Hall–Kier alpha value is 1.83. The van der Waals surface area contributed by atoms with Gasteiger partial charge in [0.05, 0.1) is 0 Å². The molecule has 0 fully saturated rings. The fourth-order valence-electron chi connectivity index (χ4n) is 0. The van der Waals surface area contributed by atoms with E-state index in [4.69, 9.17) is 19.4 Å². The number of halogens is 2. The van der Waals surface area contributed by atoms with E-state index in [2.05, 4.69) is 0 Å². The van der Waals surface area contributed by atoms with Crippen LogP contribution in [-0.2, 0) is 34.6 Å². The smallest absolute Gasteiger partial charge is 0 e. The van der Waals surface area contributed by atoms with Crippen LogP contribution in [0.15, 0.2) is 0 Å². The maximum absolute atomic E-state index is 4.85. The minimum absolute atomic E-state index is 0. The zero-order chi connectivity index (χ0) is 2.71. The molecule has 0 atom stereocenters. The summed E-state index contributed by atoms with van der Waals surface area (Å²) in [6, 6.07) is 0. The van der Waals surface area contributed by atoms with Gasteiger partial charge in [0.1, 0.15) is 0 Å². The largest absolute Gasteiger partial charge is 0 e. The van der Waals surface area contributed by atoms with Crippen LogP contribution in [0.5, 0.6) is 0 Å². The van der Waals surface area contributed by atoms with E-state index in [0.29, 0.717) is 0 Å². The first-order chi connectivity index (χ1) is 1.41. The van der Waals surface area contributed by atoms with Crippen molar-refractivity contribution < 1.29 is 34.6 Å². The Kier molecular flexibility index (Phi) is 20.5. The first-order valence-electron chi connectivity index (χ1n) is 0.267. The van der Waals surface area contributed by atoms with Crippen LogP contribution in [0.2, 0.25) is 0 Å². The molecule has 0 rings (SSSR count). The molecule has 4 heteroatoms. The predicted octanol–water partition coefficient (Wildman–Crippen LogP) is 1.37. The van der Waals surface area contributed by atoms with Crippen molar-refractivity contribution in [2.45, 2.75) is 0 Å². The van der Waals surface area contributed by atoms with Crippen molar-refractivity contribution in [2.75, 3.05) is 0 Å². The van der Waals surface area contributed by atoms with Gasteiger partial charge in [-0.1, -0.05) is 0 Å². The number of hydrogen-bond acceptors (Lipinski definition) is 0. The Balaban J connectivity index is 0. The molecule has 0 saturated carbocycles. The van der Waals surface area contributed by atoms with Crippen LogP contribution in [0.3, 0.4) is 0 Å². The van der Waals surface area contributed by atoms with Gasteiger partial charge in [-0.3, -0.25) is 0 Å². The maximum Gasteiger partial charge on any atom is 0 e. The number of hydrogen-bond donors (Lipinski definition) is 0. The Morgan fingerprint density at radius 3 is 1.25 bits per heavy atom. The topological polar surface area (TPSA) is 0 Å². The molecule has 0 aromatic rings. The minimum Gasteiger partial charge on any atom is 0 e. The molecule has 0 aliphatic carbocycles. The van der Waals surface area contributed by atoms with Crippen molar-refractivity contribution in [2.24, 2.45) is 0 Å².